The maximum absolute atomic E-state index is 12.6. The fourth-order valence-electron chi connectivity index (χ4n) is 4.03. The zero-order valence-corrected chi connectivity index (χ0v) is 16.8. The Balaban J connectivity index is 1.36. The molecule has 2 aliphatic rings. The van der Waals surface area contributed by atoms with Crippen LogP contribution in [0.1, 0.15) is 53.0 Å². The van der Waals surface area contributed by atoms with Crippen LogP contribution in [0.5, 0.6) is 0 Å². The topological polar surface area (TPSA) is 89.4 Å². The second-order valence-electron chi connectivity index (χ2n) is 7.21. The van der Waals surface area contributed by atoms with Crippen LogP contribution in [-0.4, -0.2) is 57.8 Å². The Morgan fingerprint density at radius 2 is 2.14 bits per heavy atom. The SMILES string of the molecule is CCOC(=O)c1c(NC(=O)CN2CCC(n3cncn3)CC2)sc2c1CCC2. The van der Waals surface area contributed by atoms with E-state index in [9.17, 15) is 9.59 Å². The number of nitrogens with zero attached hydrogens (tertiary/aromatic N) is 4. The second-order valence-corrected chi connectivity index (χ2v) is 8.32. The summed E-state index contributed by atoms with van der Waals surface area (Å²) in [6, 6.07) is 0.345. The minimum atomic E-state index is -0.328. The van der Waals surface area contributed by atoms with Gasteiger partial charge in [0, 0.05) is 18.0 Å². The molecule has 0 bridgehead atoms. The van der Waals surface area contributed by atoms with Gasteiger partial charge in [-0.05, 0) is 44.6 Å². The van der Waals surface area contributed by atoms with E-state index in [1.165, 1.54) is 16.2 Å². The molecule has 9 heteroatoms. The van der Waals surface area contributed by atoms with Crippen LogP contribution in [0.3, 0.4) is 0 Å². The third-order valence-corrected chi connectivity index (χ3v) is 6.60. The Morgan fingerprint density at radius 3 is 2.86 bits per heavy atom. The van der Waals surface area contributed by atoms with Crippen molar-refractivity contribution in [2.24, 2.45) is 0 Å². The Bertz CT molecular complexity index is 840. The molecule has 1 aliphatic heterocycles. The lowest BCUT2D eigenvalue weighted by Gasteiger charge is -2.31. The Labute approximate surface area is 167 Å². The average molecular weight is 404 g/mol. The number of rotatable bonds is 6. The molecule has 1 amide bonds. The van der Waals surface area contributed by atoms with Gasteiger partial charge in [-0.25, -0.2) is 14.5 Å². The number of fused-ring (bicyclic) bond motifs is 1. The number of ether oxygens (including phenoxy) is 1. The highest BCUT2D eigenvalue weighted by Gasteiger charge is 2.29. The minimum Gasteiger partial charge on any atom is -0.462 e. The van der Waals surface area contributed by atoms with Crippen LogP contribution in [0.2, 0.25) is 0 Å². The average Bonchev–Trinajstić information content (AvgIpc) is 3.39. The van der Waals surface area contributed by atoms with Crippen molar-refractivity contribution in [1.29, 1.82) is 0 Å². The molecule has 0 spiro atoms. The van der Waals surface area contributed by atoms with E-state index in [-0.39, 0.29) is 11.9 Å². The van der Waals surface area contributed by atoms with Crippen LogP contribution >= 0.6 is 11.3 Å². The van der Waals surface area contributed by atoms with E-state index in [1.54, 1.807) is 19.6 Å². The van der Waals surface area contributed by atoms with Crippen LogP contribution in [0.25, 0.3) is 0 Å². The number of nitrogens with one attached hydrogen (secondary N) is 1. The van der Waals surface area contributed by atoms with E-state index in [1.807, 2.05) is 4.68 Å². The van der Waals surface area contributed by atoms with E-state index in [4.69, 9.17) is 4.74 Å². The number of anilines is 1. The highest BCUT2D eigenvalue weighted by Crippen LogP contribution is 2.39. The van der Waals surface area contributed by atoms with Crippen LogP contribution in [0.4, 0.5) is 5.00 Å². The van der Waals surface area contributed by atoms with Gasteiger partial charge in [0.15, 0.2) is 0 Å². The van der Waals surface area contributed by atoms with Gasteiger partial charge in [0.05, 0.1) is 24.8 Å². The molecule has 1 aliphatic carbocycles. The summed E-state index contributed by atoms with van der Waals surface area (Å²) in [6.07, 6.45) is 8.10. The largest absolute Gasteiger partial charge is 0.462 e. The van der Waals surface area contributed by atoms with Crippen LogP contribution < -0.4 is 5.32 Å². The summed E-state index contributed by atoms with van der Waals surface area (Å²) in [4.78, 5) is 32.4. The van der Waals surface area contributed by atoms with E-state index >= 15 is 0 Å². The molecule has 0 unspecified atom stereocenters. The molecule has 1 N–H and O–H groups in total. The molecule has 0 atom stereocenters. The summed E-state index contributed by atoms with van der Waals surface area (Å²) < 4.78 is 7.12. The van der Waals surface area contributed by atoms with Crippen molar-refractivity contribution in [1.82, 2.24) is 19.7 Å². The molecule has 1 fully saturated rings. The smallest absolute Gasteiger partial charge is 0.341 e. The summed E-state index contributed by atoms with van der Waals surface area (Å²) in [6.45, 7) is 4.13. The number of esters is 1. The molecule has 4 rings (SSSR count). The van der Waals surface area contributed by atoms with E-state index in [2.05, 4.69) is 20.3 Å². The maximum Gasteiger partial charge on any atom is 0.341 e. The summed E-state index contributed by atoms with van der Waals surface area (Å²) in [5.41, 5.74) is 1.63. The standard InChI is InChI=1S/C19H25N5O3S/c1-2-27-19(26)17-14-4-3-5-15(14)28-18(17)22-16(25)10-23-8-6-13(7-9-23)24-12-20-11-21-24/h11-13H,2-10H2,1H3,(H,22,25). The Hall–Kier alpha value is -2.26. The molecule has 8 nitrogen and oxygen atoms in total. The van der Waals surface area contributed by atoms with Gasteiger partial charge in [0.2, 0.25) is 5.91 Å². The summed E-state index contributed by atoms with van der Waals surface area (Å²) in [7, 11) is 0. The number of amides is 1. The van der Waals surface area contributed by atoms with Crippen LogP contribution in [0, 0.1) is 0 Å². The zero-order chi connectivity index (χ0) is 19.5. The van der Waals surface area contributed by atoms with Crippen LogP contribution in [0.15, 0.2) is 12.7 Å². The Morgan fingerprint density at radius 1 is 1.32 bits per heavy atom. The number of likely N-dealkylation sites (tertiary alicyclic amines) is 1. The van der Waals surface area contributed by atoms with Gasteiger partial charge < -0.3 is 10.1 Å². The van der Waals surface area contributed by atoms with Crippen LogP contribution in [-0.2, 0) is 22.4 Å². The van der Waals surface area contributed by atoms with Crippen molar-refractivity contribution in [2.45, 2.75) is 45.1 Å². The molecule has 2 aromatic rings. The first-order chi connectivity index (χ1) is 13.7. The first kappa shape index (κ1) is 19.1. The van der Waals surface area contributed by atoms with Gasteiger partial charge in [-0.3, -0.25) is 9.69 Å². The fraction of sp³-hybridized carbons (Fsp3) is 0.579. The van der Waals surface area contributed by atoms with Gasteiger partial charge in [-0.1, -0.05) is 0 Å². The van der Waals surface area contributed by atoms with Gasteiger partial charge in [0.1, 0.15) is 17.7 Å². The number of aryl methyl sites for hydroxylation is 1. The lowest BCUT2D eigenvalue weighted by atomic mass is 10.1. The number of hydrogen-bond donors (Lipinski definition) is 1. The normalized spacial score (nSPS) is 17.5. The summed E-state index contributed by atoms with van der Waals surface area (Å²) in [5, 5.41) is 7.83. The molecule has 1 saturated heterocycles. The van der Waals surface area contributed by atoms with Gasteiger partial charge in [0.25, 0.3) is 0 Å². The third kappa shape index (κ3) is 3.95. The summed E-state index contributed by atoms with van der Waals surface area (Å²) >= 11 is 1.52. The Kier molecular flexibility index (Phi) is 5.72. The molecule has 28 heavy (non-hydrogen) atoms. The molecular weight excluding hydrogens is 378 g/mol. The maximum atomic E-state index is 12.6. The molecule has 0 saturated carbocycles. The molecular formula is C19H25N5O3S. The molecule has 3 heterocycles. The highest BCUT2D eigenvalue weighted by atomic mass is 32.1. The lowest BCUT2D eigenvalue weighted by molar-refractivity contribution is -0.117. The number of carbonyl (C=O) groups is 2. The predicted molar refractivity (Wildman–Crippen MR) is 106 cm³/mol. The highest BCUT2D eigenvalue weighted by molar-refractivity contribution is 7.17. The van der Waals surface area contributed by atoms with E-state index < -0.39 is 0 Å². The number of carbonyl (C=O) groups excluding carboxylic acids is 2. The van der Waals surface area contributed by atoms with Crippen molar-refractivity contribution in [2.75, 3.05) is 31.6 Å². The minimum absolute atomic E-state index is 0.0790. The first-order valence-electron chi connectivity index (χ1n) is 9.83. The van der Waals surface area contributed by atoms with Crippen molar-refractivity contribution < 1.29 is 14.3 Å². The zero-order valence-electron chi connectivity index (χ0n) is 16.0. The van der Waals surface area contributed by atoms with E-state index in [0.717, 1.165) is 50.8 Å². The second kappa shape index (κ2) is 8.40. The quantitative estimate of drug-likeness (QED) is 0.745. The monoisotopic (exact) mass is 403 g/mol. The van der Waals surface area contributed by atoms with Crippen molar-refractivity contribution >= 4 is 28.2 Å². The number of aromatic nitrogens is 3. The van der Waals surface area contributed by atoms with Gasteiger partial charge >= 0.3 is 5.97 Å². The summed E-state index contributed by atoms with van der Waals surface area (Å²) in [5.74, 6) is -0.407. The molecule has 2 aromatic heterocycles. The van der Waals surface area contributed by atoms with Gasteiger partial charge in [-0.2, -0.15) is 5.10 Å². The molecule has 0 radical (unpaired) electrons. The van der Waals surface area contributed by atoms with E-state index in [0.29, 0.717) is 29.8 Å². The molecule has 0 aromatic carbocycles. The van der Waals surface area contributed by atoms with Crippen molar-refractivity contribution in [3.8, 4) is 0 Å². The first-order valence-corrected chi connectivity index (χ1v) is 10.6. The third-order valence-electron chi connectivity index (χ3n) is 5.39. The molecule has 150 valence electrons. The fourth-order valence-corrected chi connectivity index (χ4v) is 5.32. The number of hydrogen-bond acceptors (Lipinski definition) is 7. The van der Waals surface area contributed by atoms with Gasteiger partial charge in [-0.15, -0.1) is 11.3 Å². The van der Waals surface area contributed by atoms with Crippen molar-refractivity contribution in [3.05, 3.63) is 28.7 Å². The predicted octanol–water partition coefficient (Wildman–Crippen LogP) is 2.28. The lowest BCUT2D eigenvalue weighted by Crippen LogP contribution is -2.39. The number of piperidine rings is 1. The van der Waals surface area contributed by atoms with Crippen molar-refractivity contribution in [3.63, 3.8) is 0 Å². The number of thiophene rings is 1.